The van der Waals surface area contributed by atoms with Crippen LogP contribution < -0.4 is 5.32 Å². The Morgan fingerprint density at radius 3 is 2.69 bits per heavy atom. The van der Waals surface area contributed by atoms with Gasteiger partial charge < -0.3 is 14.3 Å². The van der Waals surface area contributed by atoms with E-state index in [1.165, 1.54) is 11.0 Å². The Kier molecular flexibility index (Phi) is 5.31. The molecule has 4 heterocycles. The van der Waals surface area contributed by atoms with Crippen molar-refractivity contribution in [3.05, 3.63) is 83.3 Å². The maximum absolute atomic E-state index is 13.4. The summed E-state index contributed by atoms with van der Waals surface area (Å²) in [5, 5.41) is 13.8. The molecule has 1 aliphatic heterocycles. The standard InChI is InChI=1S/C24H23N7O4/c1-15-10-20(16(2)29(15)12-19-8-5-9-35-19)21(32)13-30-22(33)24(3,26-23(30)34)17-6-4-7-18(11-17)31-14-25-27-28-31/h4-11,14H,12-13H2,1-3H3,(H,26,34)/t24-/m0/s1. The molecule has 0 aliphatic carbocycles. The molecular formula is C24H23N7O4. The maximum Gasteiger partial charge on any atom is 0.325 e. The molecule has 0 bridgehead atoms. The Balaban J connectivity index is 1.38. The van der Waals surface area contributed by atoms with E-state index in [2.05, 4.69) is 20.8 Å². The number of aromatic nitrogens is 5. The third-order valence-corrected chi connectivity index (χ3v) is 6.38. The van der Waals surface area contributed by atoms with Gasteiger partial charge in [0.25, 0.3) is 5.91 Å². The molecule has 1 fully saturated rings. The molecule has 4 aromatic rings. The number of Topliss-reactive ketones (excluding diaryl/α,β-unsaturated/α-hetero) is 1. The molecule has 1 N–H and O–H groups in total. The number of tetrazole rings is 1. The van der Waals surface area contributed by atoms with Crippen molar-refractivity contribution in [2.45, 2.75) is 32.9 Å². The van der Waals surface area contributed by atoms with Gasteiger partial charge in [0.05, 0.1) is 25.0 Å². The molecule has 3 aromatic heterocycles. The third kappa shape index (κ3) is 3.80. The molecular weight excluding hydrogens is 450 g/mol. The molecule has 0 saturated carbocycles. The molecule has 5 rings (SSSR count). The molecule has 178 valence electrons. The first-order valence-electron chi connectivity index (χ1n) is 11.0. The van der Waals surface area contributed by atoms with Crippen LogP contribution in [0.4, 0.5) is 4.79 Å². The maximum atomic E-state index is 13.4. The van der Waals surface area contributed by atoms with E-state index in [4.69, 9.17) is 4.42 Å². The van der Waals surface area contributed by atoms with E-state index in [1.807, 2.05) is 30.5 Å². The van der Waals surface area contributed by atoms with Gasteiger partial charge in [-0.15, -0.1) is 5.10 Å². The predicted octanol–water partition coefficient (Wildman–Crippen LogP) is 2.37. The number of rotatable bonds is 7. The number of carbonyl (C=O) groups is 3. The molecule has 1 aromatic carbocycles. The van der Waals surface area contributed by atoms with Crippen LogP contribution >= 0.6 is 0 Å². The zero-order valence-electron chi connectivity index (χ0n) is 19.4. The summed E-state index contributed by atoms with van der Waals surface area (Å²) in [4.78, 5) is 40.4. The van der Waals surface area contributed by atoms with Crippen molar-refractivity contribution in [1.82, 2.24) is 35.0 Å². The highest BCUT2D eigenvalue weighted by atomic mass is 16.3. The number of carbonyl (C=O) groups excluding carboxylic acids is 3. The van der Waals surface area contributed by atoms with Crippen molar-refractivity contribution in [3.63, 3.8) is 0 Å². The average molecular weight is 473 g/mol. The molecule has 11 nitrogen and oxygen atoms in total. The lowest BCUT2D eigenvalue weighted by molar-refractivity contribution is -0.130. The average Bonchev–Trinajstić information content (AvgIpc) is 3.64. The second-order valence-corrected chi connectivity index (χ2v) is 8.62. The number of hydrogen-bond donors (Lipinski definition) is 1. The smallest absolute Gasteiger partial charge is 0.325 e. The fraction of sp³-hybridized carbons (Fsp3) is 0.250. The van der Waals surface area contributed by atoms with Gasteiger partial charge in [0.15, 0.2) is 5.78 Å². The van der Waals surface area contributed by atoms with Gasteiger partial charge in [-0.05, 0) is 67.1 Å². The van der Waals surface area contributed by atoms with Crippen molar-refractivity contribution in [1.29, 1.82) is 0 Å². The van der Waals surface area contributed by atoms with Crippen LogP contribution in [0.1, 0.15) is 40.0 Å². The number of ketones is 1. The quantitative estimate of drug-likeness (QED) is 0.322. The summed E-state index contributed by atoms with van der Waals surface area (Å²) in [6.07, 6.45) is 3.03. The van der Waals surface area contributed by atoms with Crippen molar-refractivity contribution in [2.75, 3.05) is 6.54 Å². The molecule has 0 spiro atoms. The van der Waals surface area contributed by atoms with E-state index in [1.54, 1.807) is 43.5 Å². The zero-order chi connectivity index (χ0) is 24.7. The van der Waals surface area contributed by atoms with Crippen LogP contribution in [0.2, 0.25) is 0 Å². The molecule has 1 aliphatic rings. The second kappa shape index (κ2) is 8.35. The van der Waals surface area contributed by atoms with Crippen molar-refractivity contribution >= 4 is 17.7 Å². The van der Waals surface area contributed by atoms with Gasteiger partial charge in [0.1, 0.15) is 17.6 Å². The van der Waals surface area contributed by atoms with Crippen LogP contribution in [0.5, 0.6) is 0 Å². The summed E-state index contributed by atoms with van der Waals surface area (Å²) in [5.41, 5.74) is 1.93. The lowest BCUT2D eigenvalue weighted by Crippen LogP contribution is -2.41. The van der Waals surface area contributed by atoms with Crippen LogP contribution in [-0.2, 0) is 16.9 Å². The number of furan rings is 1. The van der Waals surface area contributed by atoms with Crippen LogP contribution in [0.25, 0.3) is 5.69 Å². The normalized spacial score (nSPS) is 17.7. The SMILES string of the molecule is Cc1cc(C(=O)CN2C(=O)N[C@@](C)(c3cccc(-n4cnnn4)c3)C2=O)c(C)n1Cc1ccco1. The van der Waals surface area contributed by atoms with Crippen molar-refractivity contribution < 1.29 is 18.8 Å². The van der Waals surface area contributed by atoms with E-state index in [9.17, 15) is 14.4 Å². The number of amides is 3. The topological polar surface area (TPSA) is 128 Å². The van der Waals surface area contributed by atoms with Gasteiger partial charge in [-0.25, -0.2) is 9.48 Å². The number of nitrogens with zero attached hydrogens (tertiary/aromatic N) is 6. The molecule has 0 unspecified atom stereocenters. The molecule has 11 heteroatoms. The van der Waals surface area contributed by atoms with Gasteiger partial charge in [-0.1, -0.05) is 12.1 Å². The summed E-state index contributed by atoms with van der Waals surface area (Å²) in [5.74, 6) is -0.0623. The first-order valence-corrected chi connectivity index (χ1v) is 11.0. The number of benzene rings is 1. The third-order valence-electron chi connectivity index (χ3n) is 6.38. The Morgan fingerprint density at radius 1 is 1.14 bits per heavy atom. The molecule has 35 heavy (non-hydrogen) atoms. The van der Waals surface area contributed by atoms with Crippen LogP contribution in [0.3, 0.4) is 0 Å². The molecule has 1 saturated heterocycles. The van der Waals surface area contributed by atoms with E-state index >= 15 is 0 Å². The minimum absolute atomic E-state index is 0.320. The summed E-state index contributed by atoms with van der Waals surface area (Å²) in [6, 6.07) is 11.8. The van der Waals surface area contributed by atoms with Gasteiger partial charge in [0.2, 0.25) is 0 Å². The first-order chi connectivity index (χ1) is 16.8. The van der Waals surface area contributed by atoms with Gasteiger partial charge in [-0.2, -0.15) is 0 Å². The Hall–Kier alpha value is -4.54. The minimum Gasteiger partial charge on any atom is -0.467 e. The summed E-state index contributed by atoms with van der Waals surface area (Å²) in [6.45, 7) is 5.47. The van der Waals surface area contributed by atoms with Crippen LogP contribution in [-0.4, -0.2) is 53.9 Å². The number of aryl methyl sites for hydroxylation is 1. The second-order valence-electron chi connectivity index (χ2n) is 8.62. The number of hydrogen-bond acceptors (Lipinski definition) is 7. The Labute approximate surface area is 200 Å². The molecule has 3 amide bonds. The summed E-state index contributed by atoms with van der Waals surface area (Å²) < 4.78 is 8.84. The fourth-order valence-corrected chi connectivity index (χ4v) is 4.39. The Bertz CT molecular complexity index is 1420. The first kappa shape index (κ1) is 22.3. The lowest BCUT2D eigenvalue weighted by Gasteiger charge is -2.22. The summed E-state index contributed by atoms with van der Waals surface area (Å²) >= 11 is 0. The van der Waals surface area contributed by atoms with E-state index in [0.29, 0.717) is 23.4 Å². The highest BCUT2D eigenvalue weighted by Crippen LogP contribution is 2.30. The van der Waals surface area contributed by atoms with E-state index < -0.39 is 17.5 Å². The highest BCUT2D eigenvalue weighted by Gasteiger charge is 2.49. The summed E-state index contributed by atoms with van der Waals surface area (Å²) in [7, 11) is 0. The number of urea groups is 1. The van der Waals surface area contributed by atoms with Crippen LogP contribution in [0.15, 0.2) is 59.5 Å². The number of imide groups is 1. The van der Waals surface area contributed by atoms with Crippen molar-refractivity contribution in [2.24, 2.45) is 0 Å². The largest absolute Gasteiger partial charge is 0.467 e. The van der Waals surface area contributed by atoms with Gasteiger partial charge >= 0.3 is 6.03 Å². The Morgan fingerprint density at radius 2 is 1.97 bits per heavy atom. The molecule has 0 radical (unpaired) electrons. The predicted molar refractivity (Wildman–Crippen MR) is 123 cm³/mol. The fourth-order valence-electron chi connectivity index (χ4n) is 4.39. The van der Waals surface area contributed by atoms with E-state index in [-0.39, 0.29) is 12.3 Å². The van der Waals surface area contributed by atoms with Crippen LogP contribution in [0, 0.1) is 13.8 Å². The van der Waals surface area contributed by atoms with Gasteiger partial charge in [0, 0.05) is 17.0 Å². The van der Waals surface area contributed by atoms with Gasteiger partial charge in [-0.3, -0.25) is 14.5 Å². The monoisotopic (exact) mass is 473 g/mol. The van der Waals surface area contributed by atoms with E-state index in [0.717, 1.165) is 22.0 Å². The zero-order valence-corrected chi connectivity index (χ0v) is 19.4. The minimum atomic E-state index is -1.34. The highest BCUT2D eigenvalue weighted by molar-refractivity contribution is 6.11. The number of nitrogens with one attached hydrogen (secondary N) is 1. The van der Waals surface area contributed by atoms with Crippen molar-refractivity contribution in [3.8, 4) is 5.69 Å². The lowest BCUT2D eigenvalue weighted by atomic mass is 9.91. The molecule has 1 atom stereocenters.